The predicted octanol–water partition coefficient (Wildman–Crippen LogP) is 5.86. The van der Waals surface area contributed by atoms with Crippen LogP contribution in [0.25, 0.3) is 44.1 Å². The van der Waals surface area contributed by atoms with Crippen molar-refractivity contribution in [1.29, 1.82) is 0 Å². The summed E-state index contributed by atoms with van der Waals surface area (Å²) in [5.41, 5.74) is 7.34. The van der Waals surface area contributed by atoms with Gasteiger partial charge in [-0.3, -0.25) is 19.6 Å². The lowest BCUT2D eigenvalue weighted by Gasteiger charge is -2.19. The van der Waals surface area contributed by atoms with Crippen LogP contribution < -0.4 is 20.1 Å². The van der Waals surface area contributed by atoms with Crippen molar-refractivity contribution >= 4 is 45.0 Å². The fourth-order valence-electron chi connectivity index (χ4n) is 6.89. The van der Waals surface area contributed by atoms with Crippen LogP contribution in [0.4, 0.5) is 11.6 Å². The van der Waals surface area contributed by atoms with Crippen molar-refractivity contribution in [2.75, 3.05) is 58.1 Å². The van der Waals surface area contributed by atoms with Gasteiger partial charge in [-0.2, -0.15) is 0 Å². The molecule has 0 saturated heterocycles. The second-order valence-corrected chi connectivity index (χ2v) is 12.2. The summed E-state index contributed by atoms with van der Waals surface area (Å²) in [6.07, 6.45) is 7.50. The van der Waals surface area contributed by atoms with Gasteiger partial charge in [-0.25, -0.2) is 9.97 Å². The van der Waals surface area contributed by atoms with Crippen LogP contribution in [-0.4, -0.2) is 83.8 Å². The number of fused-ring (bicyclic) bond motifs is 10. The minimum atomic E-state index is -0.0738. The molecule has 4 heterocycles. The highest BCUT2D eigenvalue weighted by atomic mass is 16.5. The number of benzene rings is 2. The first-order valence-corrected chi connectivity index (χ1v) is 16.1. The van der Waals surface area contributed by atoms with E-state index in [0.29, 0.717) is 58.5 Å². The van der Waals surface area contributed by atoms with Crippen LogP contribution in [0.1, 0.15) is 38.3 Å². The van der Waals surface area contributed by atoms with Crippen LogP contribution in [-0.2, 0) is 0 Å². The van der Waals surface area contributed by atoms with Crippen LogP contribution in [0.2, 0.25) is 0 Å². The Kier molecular flexibility index (Phi) is 7.60. The Hall–Kier alpha value is -5.94. The number of hydrogen-bond acceptors (Lipinski definition) is 11. The molecule has 0 unspecified atom stereocenters. The molecule has 2 aromatic carbocycles. The Morgan fingerprint density at radius 3 is 1.65 bits per heavy atom. The van der Waals surface area contributed by atoms with E-state index in [1.54, 1.807) is 39.0 Å². The largest absolute Gasteiger partial charge is 0.497 e. The number of carbonyl (C=O) groups excluding carboxylic acids is 2. The second-order valence-electron chi connectivity index (χ2n) is 12.2. The van der Waals surface area contributed by atoms with E-state index >= 15 is 0 Å². The first-order chi connectivity index (χ1) is 24.0. The molecule has 0 aliphatic heterocycles. The number of nitrogens with zero attached hydrogens (tertiary/aromatic N) is 5. The third-order valence-electron chi connectivity index (χ3n) is 9.31. The lowest BCUT2D eigenvalue weighted by atomic mass is 10.0. The second kappa shape index (κ2) is 12.3. The molecule has 6 aromatic rings. The van der Waals surface area contributed by atoms with Gasteiger partial charge in [-0.1, -0.05) is 0 Å². The molecule has 4 aromatic heterocycles. The first-order valence-electron chi connectivity index (χ1n) is 16.1. The van der Waals surface area contributed by atoms with Crippen LogP contribution in [0.15, 0.2) is 73.3 Å². The smallest absolute Gasteiger partial charge is 0.199 e. The quantitative estimate of drug-likeness (QED) is 0.163. The number of ether oxygens (including phenoxy) is 2. The van der Waals surface area contributed by atoms with Gasteiger partial charge in [0.2, 0.25) is 0 Å². The summed E-state index contributed by atoms with van der Waals surface area (Å²) in [5, 5.41) is 8.69. The molecule has 0 radical (unpaired) electrons. The van der Waals surface area contributed by atoms with Crippen molar-refractivity contribution < 1.29 is 19.1 Å². The van der Waals surface area contributed by atoms with E-state index < -0.39 is 0 Å². The number of pyridine rings is 4. The van der Waals surface area contributed by atoms with E-state index in [2.05, 4.69) is 32.5 Å². The molecule has 11 nitrogen and oxygen atoms in total. The van der Waals surface area contributed by atoms with Crippen LogP contribution in [0.5, 0.6) is 11.5 Å². The van der Waals surface area contributed by atoms with Crippen LogP contribution >= 0.6 is 0 Å². The van der Waals surface area contributed by atoms with E-state index in [-0.39, 0.29) is 11.6 Å². The highest BCUT2D eigenvalue weighted by Crippen LogP contribution is 2.45. The Morgan fingerprint density at radius 2 is 1.14 bits per heavy atom. The number of methoxy groups -OCH3 is 2. The molecule has 2 N–H and O–H groups in total. The maximum Gasteiger partial charge on any atom is 0.199 e. The molecule has 2 aliphatic rings. The topological polar surface area (TPSA) is 131 Å². The Balaban J connectivity index is 0.954. The molecule has 0 atom stereocenters. The van der Waals surface area contributed by atoms with Crippen LogP contribution in [0.3, 0.4) is 0 Å². The highest BCUT2D eigenvalue weighted by molar-refractivity contribution is 6.28. The summed E-state index contributed by atoms with van der Waals surface area (Å²) < 4.78 is 10.9. The van der Waals surface area contributed by atoms with E-state index in [0.717, 1.165) is 63.6 Å². The van der Waals surface area contributed by atoms with Crippen molar-refractivity contribution in [1.82, 2.24) is 24.8 Å². The normalized spacial score (nSPS) is 12.7. The van der Waals surface area contributed by atoms with Crippen molar-refractivity contribution in [2.45, 2.75) is 6.42 Å². The molecule has 2 aliphatic carbocycles. The molecule has 0 amide bonds. The summed E-state index contributed by atoms with van der Waals surface area (Å²) >= 11 is 0. The third kappa shape index (κ3) is 5.10. The number of anilines is 2. The zero-order valence-electron chi connectivity index (χ0n) is 27.3. The zero-order chi connectivity index (χ0) is 33.6. The van der Waals surface area contributed by atoms with E-state index in [1.165, 1.54) is 0 Å². The summed E-state index contributed by atoms with van der Waals surface area (Å²) in [4.78, 5) is 47.4. The lowest BCUT2D eigenvalue weighted by Crippen LogP contribution is -2.28. The van der Waals surface area contributed by atoms with Gasteiger partial charge in [0.25, 0.3) is 0 Å². The van der Waals surface area contributed by atoms with Gasteiger partial charge in [-0.15, -0.1) is 0 Å². The molecule has 0 bridgehead atoms. The monoisotopic (exact) mass is 651 g/mol. The fourth-order valence-corrected chi connectivity index (χ4v) is 6.89. The Morgan fingerprint density at radius 1 is 0.633 bits per heavy atom. The molecule has 244 valence electrons. The number of rotatable bonds is 11. The van der Waals surface area contributed by atoms with E-state index in [9.17, 15) is 9.59 Å². The number of hydrogen-bond donors (Lipinski definition) is 2. The zero-order valence-corrected chi connectivity index (χ0v) is 27.3. The molecule has 0 saturated carbocycles. The molecule has 0 fully saturated rings. The van der Waals surface area contributed by atoms with Crippen LogP contribution in [0, 0.1) is 0 Å². The minimum absolute atomic E-state index is 0.0703. The summed E-state index contributed by atoms with van der Waals surface area (Å²) in [6.45, 7) is 2.73. The first kappa shape index (κ1) is 30.4. The third-order valence-corrected chi connectivity index (χ3v) is 9.31. The molecular formula is C38H33N7O4. The maximum atomic E-state index is 13.5. The van der Waals surface area contributed by atoms with Gasteiger partial charge in [0.1, 0.15) is 23.1 Å². The van der Waals surface area contributed by atoms with Gasteiger partial charge in [0.15, 0.2) is 11.6 Å². The van der Waals surface area contributed by atoms with Gasteiger partial charge < -0.3 is 25.0 Å². The SMILES string of the molecule is COc1ccc2c3c(c(NCCCN(C)CCNc4nc5cc(OC)ccc5c5c4C(=O)c4cnccc4-5)nc2c1)C(=O)c1cnccc1-3. The maximum absolute atomic E-state index is 13.5. The summed E-state index contributed by atoms with van der Waals surface area (Å²) in [6, 6.07) is 15.3. The molecular weight excluding hydrogens is 618 g/mol. The average molecular weight is 652 g/mol. The van der Waals surface area contributed by atoms with Crippen molar-refractivity contribution in [3.63, 3.8) is 0 Å². The Bertz CT molecular complexity index is 2320. The van der Waals surface area contributed by atoms with Crippen molar-refractivity contribution in [3.05, 3.63) is 95.6 Å². The predicted molar refractivity (Wildman–Crippen MR) is 189 cm³/mol. The molecule has 8 rings (SSSR count). The summed E-state index contributed by atoms with van der Waals surface area (Å²) in [5.74, 6) is 2.38. The van der Waals surface area contributed by atoms with Gasteiger partial charge in [0.05, 0.1) is 36.4 Å². The Labute approximate surface area is 282 Å². The van der Waals surface area contributed by atoms with E-state index in [4.69, 9.17) is 19.4 Å². The van der Waals surface area contributed by atoms with Gasteiger partial charge in [0, 0.05) is 89.6 Å². The van der Waals surface area contributed by atoms with Gasteiger partial charge >= 0.3 is 0 Å². The number of nitrogens with one attached hydrogen (secondary N) is 2. The molecule has 0 spiro atoms. The van der Waals surface area contributed by atoms with E-state index in [1.807, 2.05) is 48.5 Å². The lowest BCUT2D eigenvalue weighted by molar-refractivity contribution is 0.103. The van der Waals surface area contributed by atoms with Crippen molar-refractivity contribution in [2.24, 2.45) is 0 Å². The highest BCUT2D eigenvalue weighted by Gasteiger charge is 2.34. The number of aromatic nitrogens is 4. The molecule has 11 heteroatoms. The average Bonchev–Trinajstić information content (AvgIpc) is 3.61. The number of carbonyl (C=O) groups is 2. The fraction of sp³-hybridized carbons (Fsp3) is 0.211. The standard InChI is InChI=1S/C38H33N7O4/c1-45(16-14-42-38-34-32(24-10-13-40-20-28(24)36(34)47)26-8-6-22(49-3)18-30(26)44-38)15-4-11-41-37-33-31(23-9-12-39-19-27(23)35(33)46)25-7-5-21(48-2)17-29(25)43-37/h5-10,12-13,17-20H,4,11,14-16H2,1-3H3,(H,41,43)(H,42,44). The van der Waals surface area contributed by atoms with Gasteiger partial charge in [-0.05, 0) is 67.5 Å². The summed E-state index contributed by atoms with van der Waals surface area (Å²) in [7, 11) is 5.31. The number of ketones is 2. The van der Waals surface area contributed by atoms with Crippen molar-refractivity contribution in [3.8, 4) is 33.8 Å². The minimum Gasteiger partial charge on any atom is -0.497 e. The molecule has 49 heavy (non-hydrogen) atoms. The number of likely N-dealkylation sites (N-methyl/N-ethyl adjacent to an activating group) is 1.